The highest BCUT2D eigenvalue weighted by molar-refractivity contribution is 5.75. The van der Waals surface area contributed by atoms with E-state index in [0.29, 0.717) is 13.0 Å². The normalized spacial score (nSPS) is 19.1. The lowest BCUT2D eigenvalue weighted by atomic mass is 10.0. The Balaban J connectivity index is 1.66. The molecule has 1 saturated heterocycles. The van der Waals surface area contributed by atoms with E-state index in [4.69, 9.17) is 4.74 Å². The van der Waals surface area contributed by atoms with Crippen molar-refractivity contribution in [2.45, 2.75) is 44.8 Å². The number of carbonyl (C=O) groups is 1. The summed E-state index contributed by atoms with van der Waals surface area (Å²) in [4.78, 5) is 11.7. The van der Waals surface area contributed by atoms with Crippen molar-refractivity contribution in [3.8, 4) is 5.75 Å². The number of ether oxygens (including phenoxy) is 1. The first-order chi connectivity index (χ1) is 9.24. The van der Waals surface area contributed by atoms with Gasteiger partial charge in [-0.2, -0.15) is 0 Å². The van der Waals surface area contributed by atoms with Crippen molar-refractivity contribution in [3.05, 3.63) is 29.8 Å². The molecule has 0 saturated carbocycles. The molecule has 1 aliphatic heterocycles. The van der Waals surface area contributed by atoms with Gasteiger partial charge in [-0.3, -0.25) is 4.79 Å². The molecule has 1 aromatic carbocycles. The zero-order chi connectivity index (χ0) is 13.5. The van der Waals surface area contributed by atoms with E-state index in [1.807, 2.05) is 6.07 Å². The second-order valence-electron chi connectivity index (χ2n) is 4.97. The van der Waals surface area contributed by atoms with Crippen molar-refractivity contribution in [1.29, 1.82) is 0 Å². The van der Waals surface area contributed by atoms with Gasteiger partial charge < -0.3 is 15.2 Å². The average Bonchev–Trinajstić information content (AvgIpc) is 2.44. The van der Waals surface area contributed by atoms with E-state index in [1.165, 1.54) is 6.42 Å². The van der Waals surface area contributed by atoms with E-state index in [1.54, 1.807) is 18.2 Å². The number of phenols is 1. The largest absolute Gasteiger partial charge is 0.508 e. The van der Waals surface area contributed by atoms with Crippen molar-refractivity contribution >= 4 is 5.91 Å². The van der Waals surface area contributed by atoms with Crippen molar-refractivity contribution in [3.63, 3.8) is 0 Å². The maximum absolute atomic E-state index is 11.7. The predicted molar refractivity (Wildman–Crippen MR) is 72.8 cm³/mol. The minimum absolute atomic E-state index is 0.0394. The van der Waals surface area contributed by atoms with Crippen LogP contribution in [0, 0.1) is 0 Å². The van der Waals surface area contributed by atoms with Crippen molar-refractivity contribution < 1.29 is 14.6 Å². The Bertz CT molecular complexity index is 414. The van der Waals surface area contributed by atoms with Crippen LogP contribution in [0.5, 0.6) is 5.75 Å². The second-order valence-corrected chi connectivity index (χ2v) is 4.97. The number of rotatable bonds is 5. The Hall–Kier alpha value is -1.55. The van der Waals surface area contributed by atoms with E-state index in [0.717, 1.165) is 31.4 Å². The van der Waals surface area contributed by atoms with Crippen LogP contribution in [0.2, 0.25) is 0 Å². The maximum atomic E-state index is 11.7. The van der Waals surface area contributed by atoms with Gasteiger partial charge in [0.1, 0.15) is 5.75 Å². The smallest absolute Gasteiger partial charge is 0.220 e. The molecule has 0 spiro atoms. The summed E-state index contributed by atoms with van der Waals surface area (Å²) in [5, 5.41) is 12.2. The number of carbonyl (C=O) groups excluding carboxylic acids is 1. The Morgan fingerprint density at radius 1 is 1.42 bits per heavy atom. The summed E-state index contributed by atoms with van der Waals surface area (Å²) in [6.07, 6.45) is 4.96. The third kappa shape index (κ3) is 4.91. The minimum Gasteiger partial charge on any atom is -0.508 e. The molecule has 0 radical (unpaired) electrons. The molecule has 1 atom stereocenters. The van der Waals surface area contributed by atoms with E-state index in [9.17, 15) is 9.90 Å². The molecule has 4 nitrogen and oxygen atoms in total. The van der Waals surface area contributed by atoms with Crippen LogP contribution in [0.25, 0.3) is 0 Å². The molecule has 1 unspecified atom stereocenters. The fourth-order valence-electron chi connectivity index (χ4n) is 2.28. The van der Waals surface area contributed by atoms with Crippen LogP contribution >= 0.6 is 0 Å². The molecule has 1 amide bonds. The number of aromatic hydroxyl groups is 1. The van der Waals surface area contributed by atoms with Gasteiger partial charge in [0.25, 0.3) is 0 Å². The van der Waals surface area contributed by atoms with E-state index < -0.39 is 0 Å². The Labute approximate surface area is 113 Å². The first-order valence-electron chi connectivity index (χ1n) is 6.90. The molecule has 2 N–H and O–H groups in total. The van der Waals surface area contributed by atoms with Crippen LogP contribution in [-0.2, 0) is 16.1 Å². The molecule has 1 aliphatic rings. The topological polar surface area (TPSA) is 58.6 Å². The quantitative estimate of drug-likeness (QED) is 0.857. The highest BCUT2D eigenvalue weighted by atomic mass is 16.5. The molecule has 0 aromatic heterocycles. The number of hydrogen-bond donors (Lipinski definition) is 2. The zero-order valence-electron chi connectivity index (χ0n) is 11.1. The van der Waals surface area contributed by atoms with Crippen LogP contribution in [0.4, 0.5) is 0 Å². The Morgan fingerprint density at radius 3 is 3.05 bits per heavy atom. The second kappa shape index (κ2) is 7.14. The van der Waals surface area contributed by atoms with Gasteiger partial charge in [-0.25, -0.2) is 0 Å². The monoisotopic (exact) mass is 263 g/mol. The first kappa shape index (κ1) is 13.9. The molecule has 1 aromatic rings. The predicted octanol–water partition coefficient (Wildman–Crippen LogP) is 2.36. The molecule has 4 heteroatoms. The molecular formula is C15H21NO3. The molecule has 1 heterocycles. The molecule has 2 rings (SSSR count). The van der Waals surface area contributed by atoms with E-state index in [-0.39, 0.29) is 17.8 Å². The van der Waals surface area contributed by atoms with Crippen molar-refractivity contribution in [2.24, 2.45) is 0 Å². The van der Waals surface area contributed by atoms with Gasteiger partial charge in [0.2, 0.25) is 5.91 Å². The molecule has 1 fully saturated rings. The maximum Gasteiger partial charge on any atom is 0.220 e. The van der Waals surface area contributed by atoms with E-state index in [2.05, 4.69) is 5.32 Å². The molecule has 0 aliphatic carbocycles. The lowest BCUT2D eigenvalue weighted by Crippen LogP contribution is -2.26. The summed E-state index contributed by atoms with van der Waals surface area (Å²) in [6.45, 7) is 1.29. The lowest BCUT2D eigenvalue weighted by Gasteiger charge is -2.22. The van der Waals surface area contributed by atoms with Crippen molar-refractivity contribution in [1.82, 2.24) is 5.32 Å². The third-order valence-electron chi connectivity index (χ3n) is 3.37. The SMILES string of the molecule is O=C(CCC1CCCCO1)NCc1cccc(O)c1. The standard InChI is InChI=1S/C15H21NO3/c17-13-5-3-4-12(10-13)11-16-15(18)8-7-14-6-1-2-9-19-14/h3-5,10,14,17H,1-2,6-9,11H2,(H,16,18). The summed E-state index contributed by atoms with van der Waals surface area (Å²) in [6, 6.07) is 6.92. The molecule has 0 bridgehead atoms. The number of benzene rings is 1. The highest BCUT2D eigenvalue weighted by Gasteiger charge is 2.15. The van der Waals surface area contributed by atoms with Crippen LogP contribution < -0.4 is 5.32 Å². The number of amides is 1. The first-order valence-corrected chi connectivity index (χ1v) is 6.90. The van der Waals surface area contributed by atoms with Gasteiger partial charge in [-0.05, 0) is 43.4 Å². The highest BCUT2D eigenvalue weighted by Crippen LogP contribution is 2.17. The summed E-state index contributed by atoms with van der Waals surface area (Å²) in [5.74, 6) is 0.264. The summed E-state index contributed by atoms with van der Waals surface area (Å²) < 4.78 is 5.59. The average molecular weight is 263 g/mol. The van der Waals surface area contributed by atoms with Gasteiger partial charge in [-0.15, -0.1) is 0 Å². The Morgan fingerprint density at radius 2 is 2.32 bits per heavy atom. The van der Waals surface area contributed by atoms with Crippen LogP contribution in [0.15, 0.2) is 24.3 Å². The zero-order valence-corrected chi connectivity index (χ0v) is 11.1. The van der Waals surface area contributed by atoms with E-state index >= 15 is 0 Å². The number of nitrogens with one attached hydrogen (secondary N) is 1. The van der Waals surface area contributed by atoms with Crippen LogP contribution in [-0.4, -0.2) is 23.7 Å². The van der Waals surface area contributed by atoms with Gasteiger partial charge in [0.15, 0.2) is 0 Å². The van der Waals surface area contributed by atoms with Crippen molar-refractivity contribution in [2.75, 3.05) is 6.61 Å². The summed E-state index contributed by atoms with van der Waals surface area (Å²) >= 11 is 0. The van der Waals surface area contributed by atoms with Crippen LogP contribution in [0.1, 0.15) is 37.7 Å². The van der Waals surface area contributed by atoms with Gasteiger partial charge in [0, 0.05) is 19.6 Å². The fraction of sp³-hybridized carbons (Fsp3) is 0.533. The minimum atomic E-state index is 0.0394. The van der Waals surface area contributed by atoms with Gasteiger partial charge in [-0.1, -0.05) is 12.1 Å². The lowest BCUT2D eigenvalue weighted by molar-refractivity contribution is -0.122. The molecular weight excluding hydrogens is 242 g/mol. The van der Waals surface area contributed by atoms with Gasteiger partial charge >= 0.3 is 0 Å². The van der Waals surface area contributed by atoms with Crippen LogP contribution in [0.3, 0.4) is 0 Å². The summed E-state index contributed by atoms with van der Waals surface area (Å²) in [5.41, 5.74) is 0.905. The third-order valence-corrected chi connectivity index (χ3v) is 3.37. The number of phenolic OH excluding ortho intramolecular Hbond substituents is 1. The fourth-order valence-corrected chi connectivity index (χ4v) is 2.28. The molecule has 104 valence electrons. The summed E-state index contributed by atoms with van der Waals surface area (Å²) in [7, 11) is 0. The Kier molecular flexibility index (Phi) is 5.21. The number of hydrogen-bond acceptors (Lipinski definition) is 3. The van der Waals surface area contributed by atoms with Gasteiger partial charge in [0.05, 0.1) is 6.10 Å². The molecule has 19 heavy (non-hydrogen) atoms.